The molecular weight excluding hydrogens is 514 g/mol. The van der Waals surface area contributed by atoms with Crippen LogP contribution in [0, 0.1) is 0 Å². The zero-order valence-corrected chi connectivity index (χ0v) is 22.4. The number of para-hydroxylation sites is 3. The highest BCUT2D eigenvalue weighted by atomic mass is 32.2. The molecule has 0 aromatic heterocycles. The largest absolute Gasteiger partial charge is 0.495 e. The number of benzene rings is 4. The number of carbonyl (C=O) groups excluding carboxylic acids is 2. The Labute approximate surface area is 228 Å². The van der Waals surface area contributed by atoms with Crippen LogP contribution < -0.4 is 20.7 Å². The van der Waals surface area contributed by atoms with Crippen LogP contribution in [0.5, 0.6) is 5.75 Å². The monoisotopic (exact) mass is 543 g/mol. The molecule has 4 aromatic rings. The molecule has 0 radical (unpaired) electrons. The first-order chi connectivity index (χ1) is 18.8. The molecule has 0 heterocycles. The smallest absolute Gasteiger partial charge is 0.320 e. The van der Waals surface area contributed by atoms with Gasteiger partial charge in [-0.3, -0.25) is 4.79 Å². The van der Waals surface area contributed by atoms with Gasteiger partial charge in [-0.2, -0.15) is 0 Å². The van der Waals surface area contributed by atoms with E-state index in [-0.39, 0.29) is 11.3 Å². The third-order valence-corrected chi connectivity index (χ3v) is 7.18. The Morgan fingerprint density at radius 1 is 0.744 bits per heavy atom. The maximum atomic E-state index is 13.6. The quantitative estimate of drug-likeness (QED) is 0.271. The van der Waals surface area contributed by atoms with E-state index < -0.39 is 27.8 Å². The minimum Gasteiger partial charge on any atom is -0.495 e. The molecule has 0 fully saturated rings. The summed E-state index contributed by atoms with van der Waals surface area (Å²) in [6.07, 6.45) is 1.38. The normalized spacial score (nSPS) is 11.7. The fraction of sp³-hybridized carbons (Fsp3) is 0.133. The van der Waals surface area contributed by atoms with Crippen LogP contribution in [0.15, 0.2) is 108 Å². The van der Waals surface area contributed by atoms with Crippen molar-refractivity contribution in [3.8, 4) is 16.9 Å². The number of urea groups is 1. The zero-order chi connectivity index (χ0) is 27.8. The SMILES string of the molecule is COc1ccccc1NC(=O)N[C@H](Cc1ccccc1)C(=O)Nc1ccccc1-c1ccccc1S(C)(=O)=O. The van der Waals surface area contributed by atoms with E-state index in [9.17, 15) is 18.0 Å². The summed E-state index contributed by atoms with van der Waals surface area (Å²) in [4.78, 5) is 26.7. The van der Waals surface area contributed by atoms with Gasteiger partial charge in [0.1, 0.15) is 11.8 Å². The molecule has 0 aliphatic carbocycles. The Kier molecular flexibility index (Phi) is 8.63. The number of methoxy groups -OCH3 is 1. The van der Waals surface area contributed by atoms with E-state index >= 15 is 0 Å². The number of hydrogen-bond donors (Lipinski definition) is 3. The van der Waals surface area contributed by atoms with Crippen molar-refractivity contribution < 1.29 is 22.7 Å². The molecule has 3 amide bonds. The summed E-state index contributed by atoms with van der Waals surface area (Å²) in [5, 5.41) is 8.40. The second-order valence-electron chi connectivity index (χ2n) is 8.84. The van der Waals surface area contributed by atoms with Crippen LogP contribution in [0.25, 0.3) is 11.1 Å². The lowest BCUT2D eigenvalue weighted by atomic mass is 10.0. The number of rotatable bonds is 9. The van der Waals surface area contributed by atoms with Crippen LogP contribution in [0.2, 0.25) is 0 Å². The molecule has 8 nitrogen and oxygen atoms in total. The third-order valence-electron chi connectivity index (χ3n) is 6.02. The summed E-state index contributed by atoms with van der Waals surface area (Å²) in [6, 6.07) is 28.3. The molecule has 4 rings (SSSR count). The Morgan fingerprint density at radius 2 is 1.33 bits per heavy atom. The van der Waals surface area contributed by atoms with Crippen molar-refractivity contribution in [2.45, 2.75) is 17.4 Å². The maximum Gasteiger partial charge on any atom is 0.320 e. The summed E-state index contributed by atoms with van der Waals surface area (Å²) < 4.78 is 30.2. The first-order valence-electron chi connectivity index (χ1n) is 12.2. The number of nitrogens with one attached hydrogen (secondary N) is 3. The molecule has 0 aliphatic heterocycles. The first kappa shape index (κ1) is 27.4. The van der Waals surface area contributed by atoms with Gasteiger partial charge in [-0.1, -0.05) is 78.9 Å². The molecule has 9 heteroatoms. The van der Waals surface area contributed by atoms with Gasteiger partial charge in [0.05, 0.1) is 17.7 Å². The number of carbonyl (C=O) groups is 2. The molecule has 0 unspecified atom stereocenters. The molecule has 0 spiro atoms. The molecule has 200 valence electrons. The molecule has 39 heavy (non-hydrogen) atoms. The molecule has 0 bridgehead atoms. The van der Waals surface area contributed by atoms with Gasteiger partial charge in [0.2, 0.25) is 5.91 Å². The minimum absolute atomic E-state index is 0.154. The number of amides is 3. The van der Waals surface area contributed by atoms with E-state index in [1.165, 1.54) is 13.2 Å². The summed E-state index contributed by atoms with van der Waals surface area (Å²) in [6.45, 7) is 0. The lowest BCUT2D eigenvalue weighted by molar-refractivity contribution is -0.117. The van der Waals surface area contributed by atoms with E-state index in [2.05, 4.69) is 16.0 Å². The minimum atomic E-state index is -3.52. The van der Waals surface area contributed by atoms with Crippen LogP contribution in [-0.4, -0.2) is 39.8 Å². The molecule has 0 saturated carbocycles. The molecular formula is C30H29N3O5S. The van der Waals surface area contributed by atoms with Crippen molar-refractivity contribution in [1.29, 1.82) is 0 Å². The highest BCUT2D eigenvalue weighted by Gasteiger charge is 2.24. The molecule has 3 N–H and O–H groups in total. The third kappa shape index (κ3) is 7.03. The average Bonchev–Trinajstić information content (AvgIpc) is 2.93. The molecule has 0 aliphatic rings. The second-order valence-corrected chi connectivity index (χ2v) is 10.8. The van der Waals surface area contributed by atoms with Crippen LogP contribution in [0.1, 0.15) is 5.56 Å². The Morgan fingerprint density at radius 3 is 2.03 bits per heavy atom. The topological polar surface area (TPSA) is 114 Å². The highest BCUT2D eigenvalue weighted by Crippen LogP contribution is 2.33. The van der Waals surface area contributed by atoms with E-state index in [4.69, 9.17) is 4.74 Å². The maximum absolute atomic E-state index is 13.6. The lowest BCUT2D eigenvalue weighted by Gasteiger charge is -2.21. The van der Waals surface area contributed by atoms with E-state index in [0.29, 0.717) is 28.3 Å². The number of anilines is 2. The van der Waals surface area contributed by atoms with Crippen molar-refractivity contribution in [3.63, 3.8) is 0 Å². The van der Waals surface area contributed by atoms with Crippen LogP contribution in [-0.2, 0) is 21.1 Å². The van der Waals surface area contributed by atoms with Crippen LogP contribution >= 0.6 is 0 Å². The van der Waals surface area contributed by atoms with E-state index in [1.807, 2.05) is 30.3 Å². The van der Waals surface area contributed by atoms with Crippen molar-refractivity contribution in [1.82, 2.24) is 5.32 Å². The Bertz CT molecular complexity index is 1570. The van der Waals surface area contributed by atoms with Gasteiger partial charge in [0.25, 0.3) is 0 Å². The Hall–Kier alpha value is -4.63. The van der Waals surface area contributed by atoms with Gasteiger partial charge in [-0.15, -0.1) is 0 Å². The second kappa shape index (κ2) is 12.3. The van der Waals surface area contributed by atoms with Crippen LogP contribution in [0.3, 0.4) is 0 Å². The van der Waals surface area contributed by atoms with Gasteiger partial charge >= 0.3 is 6.03 Å². The standard InChI is InChI=1S/C30H29N3O5S/c1-38-27-18-10-9-17-25(27)32-30(35)33-26(20-21-12-4-3-5-13-21)29(34)31-24-16-8-6-14-22(24)23-15-7-11-19-28(23)39(2,36)37/h3-19,26H,20H2,1-2H3,(H,31,34)(H2,32,33,35)/t26-/m1/s1. The fourth-order valence-corrected chi connectivity index (χ4v) is 5.09. The van der Waals surface area contributed by atoms with Gasteiger partial charge < -0.3 is 20.7 Å². The first-order valence-corrected chi connectivity index (χ1v) is 14.1. The van der Waals surface area contributed by atoms with Gasteiger partial charge in [0.15, 0.2) is 9.84 Å². The van der Waals surface area contributed by atoms with Gasteiger partial charge in [0, 0.05) is 29.5 Å². The summed E-state index contributed by atoms with van der Waals surface area (Å²) in [7, 11) is -2.02. The zero-order valence-electron chi connectivity index (χ0n) is 21.5. The van der Waals surface area contributed by atoms with Crippen LogP contribution in [0.4, 0.5) is 16.2 Å². The number of ether oxygens (including phenoxy) is 1. The van der Waals surface area contributed by atoms with Crippen molar-refractivity contribution in [2.24, 2.45) is 0 Å². The summed E-state index contributed by atoms with van der Waals surface area (Å²) in [5.41, 5.74) is 2.75. The van der Waals surface area contributed by atoms with Gasteiger partial charge in [-0.25, -0.2) is 13.2 Å². The summed E-state index contributed by atoms with van der Waals surface area (Å²) >= 11 is 0. The average molecular weight is 544 g/mol. The molecule has 0 saturated heterocycles. The lowest BCUT2D eigenvalue weighted by Crippen LogP contribution is -2.47. The predicted octanol–water partition coefficient (Wildman–Crippen LogP) is 5.14. The molecule has 1 atom stereocenters. The fourth-order valence-electron chi connectivity index (χ4n) is 4.18. The molecule has 4 aromatic carbocycles. The van der Waals surface area contributed by atoms with E-state index in [0.717, 1.165) is 11.8 Å². The van der Waals surface area contributed by atoms with E-state index in [1.54, 1.807) is 66.7 Å². The van der Waals surface area contributed by atoms with Crippen molar-refractivity contribution in [2.75, 3.05) is 24.0 Å². The van der Waals surface area contributed by atoms with Gasteiger partial charge in [-0.05, 0) is 29.8 Å². The number of hydrogen-bond acceptors (Lipinski definition) is 5. The number of sulfone groups is 1. The van der Waals surface area contributed by atoms with Crippen molar-refractivity contribution in [3.05, 3.63) is 109 Å². The Balaban J connectivity index is 1.62. The summed E-state index contributed by atoms with van der Waals surface area (Å²) in [5.74, 6) is 0.0218. The van der Waals surface area contributed by atoms with Crippen molar-refractivity contribution >= 4 is 33.2 Å². The highest BCUT2D eigenvalue weighted by molar-refractivity contribution is 7.90. The predicted molar refractivity (Wildman–Crippen MR) is 153 cm³/mol.